The molecule has 0 unspecified atom stereocenters. The van der Waals surface area contributed by atoms with Gasteiger partial charge in [0.25, 0.3) is 6.71 Å². The molecule has 0 bridgehead atoms. The topological polar surface area (TPSA) is 6.48 Å². The van der Waals surface area contributed by atoms with Crippen LogP contribution in [0, 0.1) is 6.92 Å². The molecule has 1 spiro atoms. The maximum atomic E-state index is 2.60. The van der Waals surface area contributed by atoms with Crippen molar-refractivity contribution in [2.75, 3.05) is 9.80 Å². The molecule has 1 aromatic heterocycles. The third-order valence-electron chi connectivity index (χ3n) is 16.0. The van der Waals surface area contributed by atoms with E-state index in [4.69, 9.17) is 0 Å². The summed E-state index contributed by atoms with van der Waals surface area (Å²) in [6.45, 7) is 16.3. The van der Waals surface area contributed by atoms with Gasteiger partial charge in [-0.3, -0.25) is 0 Å². The van der Waals surface area contributed by atoms with Gasteiger partial charge < -0.3 is 9.80 Å². The van der Waals surface area contributed by atoms with E-state index in [1.165, 1.54) is 132 Å². The Bertz CT molecular complexity index is 3750. The molecule has 14 rings (SSSR count). The third-order valence-corrected chi connectivity index (χ3v) is 17.2. The van der Waals surface area contributed by atoms with Crippen LogP contribution in [-0.2, 0) is 16.2 Å². The number of hydrogen-bond acceptors (Lipinski definition) is 3. The van der Waals surface area contributed by atoms with Crippen LogP contribution in [0.5, 0.6) is 0 Å². The van der Waals surface area contributed by atoms with Crippen LogP contribution in [0.2, 0.25) is 0 Å². The summed E-state index contributed by atoms with van der Waals surface area (Å²) >= 11 is 2.00. The molecule has 0 amide bonds. The van der Waals surface area contributed by atoms with Crippen LogP contribution in [0.4, 0.5) is 34.1 Å². The zero-order chi connectivity index (χ0) is 47.4. The van der Waals surface area contributed by atoms with E-state index in [9.17, 15) is 0 Å². The molecule has 0 N–H and O–H groups in total. The highest BCUT2D eigenvalue weighted by atomic mass is 32.1. The number of benzene rings is 9. The highest BCUT2D eigenvalue weighted by molar-refractivity contribution is 7.33. The van der Waals surface area contributed by atoms with E-state index in [1.54, 1.807) is 0 Å². The first-order valence-electron chi connectivity index (χ1n) is 25.0. The molecule has 2 nitrogen and oxygen atoms in total. The zero-order valence-corrected chi connectivity index (χ0v) is 41.7. The van der Waals surface area contributed by atoms with E-state index in [1.807, 2.05) is 11.3 Å². The monoisotopic (exact) mass is 916 g/mol. The number of aryl methyl sites for hydroxylation is 1. The summed E-state index contributed by atoms with van der Waals surface area (Å²) in [7, 11) is 0. The molecule has 3 heterocycles. The van der Waals surface area contributed by atoms with Gasteiger partial charge in [0, 0.05) is 43.3 Å². The summed E-state index contributed by atoms with van der Waals surface area (Å²) < 4.78 is 2.71. The van der Waals surface area contributed by atoms with Gasteiger partial charge in [-0.05, 0) is 150 Å². The zero-order valence-electron chi connectivity index (χ0n) is 40.9. The van der Waals surface area contributed by atoms with E-state index in [0.29, 0.717) is 0 Å². The summed E-state index contributed by atoms with van der Waals surface area (Å²) in [6, 6.07) is 74.4. The van der Waals surface area contributed by atoms with Crippen molar-refractivity contribution in [1.29, 1.82) is 0 Å². The van der Waals surface area contributed by atoms with E-state index in [2.05, 4.69) is 252 Å². The van der Waals surface area contributed by atoms with Crippen LogP contribution < -0.4 is 25.5 Å². The summed E-state index contributed by atoms with van der Waals surface area (Å²) in [5.74, 6) is 0. The minimum Gasteiger partial charge on any atom is -0.311 e. The van der Waals surface area contributed by atoms with Crippen molar-refractivity contribution >= 4 is 78.0 Å². The van der Waals surface area contributed by atoms with Crippen molar-refractivity contribution in [3.05, 3.63) is 233 Å². The lowest BCUT2D eigenvalue weighted by molar-refractivity contribution is 0.572. The van der Waals surface area contributed by atoms with Crippen LogP contribution in [0.15, 0.2) is 194 Å². The lowest BCUT2D eigenvalue weighted by atomic mass is 9.36. The SMILES string of the molecule is Cc1ccc(N2c3cc(-c4c(C(C)(C)C)cccc4C(C)(C)C)ccc3B3c4sc5cc6c(cc5c4N(c4ccccc4)c4cccc2c43)-c2ccccc2C62c3ccccc3-c3ccccc32)cc1. The predicted octanol–water partition coefficient (Wildman–Crippen LogP) is 15.9. The van der Waals surface area contributed by atoms with Gasteiger partial charge in [-0.2, -0.15) is 0 Å². The number of fused-ring (bicyclic) bond motifs is 16. The van der Waals surface area contributed by atoms with Gasteiger partial charge in [-0.15, -0.1) is 11.3 Å². The summed E-state index contributed by atoms with van der Waals surface area (Å²) in [6.07, 6.45) is 0. The lowest BCUT2D eigenvalue weighted by Crippen LogP contribution is -2.60. The minimum atomic E-state index is -0.412. The minimum absolute atomic E-state index is 0.00766. The summed E-state index contributed by atoms with van der Waals surface area (Å²) in [4.78, 5) is 5.16. The molecule has 2 aliphatic heterocycles. The van der Waals surface area contributed by atoms with Crippen LogP contribution >= 0.6 is 11.3 Å². The van der Waals surface area contributed by atoms with Crippen molar-refractivity contribution < 1.29 is 0 Å². The van der Waals surface area contributed by atoms with E-state index in [0.717, 1.165) is 0 Å². The Morgan fingerprint density at radius 2 is 1.00 bits per heavy atom. The van der Waals surface area contributed by atoms with E-state index in [-0.39, 0.29) is 17.5 Å². The second-order valence-electron chi connectivity index (χ2n) is 22.1. The molecule has 10 aromatic rings. The van der Waals surface area contributed by atoms with Crippen molar-refractivity contribution in [1.82, 2.24) is 0 Å². The Hall–Kier alpha value is -7.40. The van der Waals surface area contributed by atoms with E-state index >= 15 is 0 Å². The fourth-order valence-corrected chi connectivity index (χ4v) is 14.4. The molecule has 0 saturated heterocycles. The Kier molecular flexibility index (Phi) is 8.65. The maximum absolute atomic E-state index is 2.60. The second-order valence-corrected chi connectivity index (χ2v) is 23.2. The number of rotatable bonds is 3. The summed E-state index contributed by atoms with van der Waals surface area (Å²) in [5, 5.41) is 1.30. The fraction of sp³-hybridized carbons (Fsp3) is 0.152. The lowest BCUT2D eigenvalue weighted by Gasteiger charge is -2.43. The van der Waals surface area contributed by atoms with Crippen molar-refractivity contribution in [3.8, 4) is 33.4 Å². The van der Waals surface area contributed by atoms with Gasteiger partial charge in [0.2, 0.25) is 0 Å². The van der Waals surface area contributed by atoms with Crippen molar-refractivity contribution in [2.24, 2.45) is 0 Å². The molecule has 0 atom stereocenters. The van der Waals surface area contributed by atoms with Crippen LogP contribution in [0.3, 0.4) is 0 Å². The van der Waals surface area contributed by atoms with Gasteiger partial charge in [0.15, 0.2) is 0 Å². The largest absolute Gasteiger partial charge is 0.311 e. The van der Waals surface area contributed by atoms with Gasteiger partial charge in [0.05, 0.1) is 11.1 Å². The standard InChI is InChI=1S/C66H53BN2S/c1-40-31-34-43(35-32-40)68-56-29-18-30-57-61(56)67(55-36-33-41(37-58(55)68)60-52(64(2,3)4)27-17-28-53(60)65(5,6)7)63-62(69(57)42-19-9-8-10-20-42)48-38-47-46-23-13-16-26-51(46)66(54(47)39-59(48)70-63)49-24-14-11-21-44(49)45-22-12-15-25-50(45)66/h8-39H,1-7H3. The Morgan fingerprint density at radius 1 is 0.457 bits per heavy atom. The number of thiophene rings is 1. The first-order chi connectivity index (χ1) is 33.9. The molecule has 9 aromatic carbocycles. The van der Waals surface area contributed by atoms with Crippen LogP contribution in [-0.4, -0.2) is 6.71 Å². The first-order valence-corrected chi connectivity index (χ1v) is 25.8. The van der Waals surface area contributed by atoms with Crippen LogP contribution in [0.25, 0.3) is 43.5 Å². The third kappa shape index (κ3) is 5.57. The Morgan fingerprint density at radius 3 is 1.61 bits per heavy atom. The smallest absolute Gasteiger partial charge is 0.264 e. The molecule has 0 radical (unpaired) electrons. The Labute approximate surface area is 416 Å². The average molecular weight is 917 g/mol. The molecule has 70 heavy (non-hydrogen) atoms. The highest BCUT2D eigenvalue weighted by Gasteiger charge is 2.52. The van der Waals surface area contributed by atoms with Gasteiger partial charge in [-0.25, -0.2) is 0 Å². The van der Waals surface area contributed by atoms with Crippen molar-refractivity contribution in [2.45, 2.75) is 64.7 Å². The van der Waals surface area contributed by atoms with E-state index < -0.39 is 5.41 Å². The van der Waals surface area contributed by atoms with Crippen LogP contribution in [0.1, 0.15) is 80.5 Å². The molecule has 4 aliphatic rings. The maximum Gasteiger partial charge on any atom is 0.264 e. The number of hydrogen-bond donors (Lipinski definition) is 0. The number of nitrogens with zero attached hydrogens (tertiary/aromatic N) is 2. The molecule has 4 heteroatoms. The average Bonchev–Trinajstić information content (AvgIpc) is 3.99. The molecule has 336 valence electrons. The Balaban J connectivity index is 1.08. The normalized spacial score (nSPS) is 14.5. The number of anilines is 6. The highest BCUT2D eigenvalue weighted by Crippen LogP contribution is 2.64. The fourth-order valence-electron chi connectivity index (χ4n) is 13.1. The van der Waals surface area contributed by atoms with Gasteiger partial charge in [0.1, 0.15) is 0 Å². The second kappa shape index (κ2) is 14.6. The molecule has 0 saturated carbocycles. The number of para-hydroxylation sites is 1. The quantitative estimate of drug-likeness (QED) is 0.163. The van der Waals surface area contributed by atoms with Gasteiger partial charge in [-0.1, -0.05) is 187 Å². The summed E-state index contributed by atoms with van der Waals surface area (Å²) in [5.41, 5.74) is 27.0. The predicted molar refractivity (Wildman–Crippen MR) is 300 cm³/mol. The van der Waals surface area contributed by atoms with Gasteiger partial charge >= 0.3 is 0 Å². The molecular formula is C66H53BN2S. The first kappa shape index (κ1) is 41.6. The molecular weight excluding hydrogens is 864 g/mol. The van der Waals surface area contributed by atoms with Crippen molar-refractivity contribution in [3.63, 3.8) is 0 Å². The molecule has 2 aliphatic carbocycles. The molecule has 0 fully saturated rings.